The lowest BCUT2D eigenvalue weighted by Gasteiger charge is -2.11. The summed E-state index contributed by atoms with van der Waals surface area (Å²) in [4.78, 5) is 22.8. The molecule has 0 saturated carbocycles. The van der Waals surface area contributed by atoms with E-state index < -0.39 is 0 Å². The van der Waals surface area contributed by atoms with E-state index in [-0.39, 0.29) is 5.91 Å². The SMILES string of the molecule is Cc1cccc(NC(=O)c2cc(NCCCN(C)C)ncn2)c1C. The molecule has 1 aromatic heterocycles. The Labute approximate surface area is 143 Å². The van der Waals surface area contributed by atoms with Gasteiger partial charge in [0.15, 0.2) is 0 Å². The maximum atomic E-state index is 12.4. The molecule has 24 heavy (non-hydrogen) atoms. The fraction of sp³-hybridized carbons (Fsp3) is 0.389. The molecule has 0 bridgehead atoms. The van der Waals surface area contributed by atoms with Gasteiger partial charge in [-0.3, -0.25) is 4.79 Å². The lowest BCUT2D eigenvalue weighted by atomic mass is 10.1. The minimum absolute atomic E-state index is 0.234. The first-order valence-corrected chi connectivity index (χ1v) is 8.05. The van der Waals surface area contributed by atoms with Crippen LogP contribution < -0.4 is 10.6 Å². The first-order valence-electron chi connectivity index (χ1n) is 8.05. The van der Waals surface area contributed by atoms with Crippen molar-refractivity contribution in [1.82, 2.24) is 14.9 Å². The van der Waals surface area contributed by atoms with Crippen molar-refractivity contribution in [1.29, 1.82) is 0 Å². The molecule has 0 fully saturated rings. The Bertz CT molecular complexity index is 700. The number of hydrogen-bond donors (Lipinski definition) is 2. The topological polar surface area (TPSA) is 70.2 Å². The summed E-state index contributed by atoms with van der Waals surface area (Å²) in [6, 6.07) is 7.51. The monoisotopic (exact) mass is 327 g/mol. The van der Waals surface area contributed by atoms with Crippen molar-refractivity contribution in [3.63, 3.8) is 0 Å². The van der Waals surface area contributed by atoms with Crippen LogP contribution in [0, 0.1) is 13.8 Å². The minimum Gasteiger partial charge on any atom is -0.370 e. The van der Waals surface area contributed by atoms with Gasteiger partial charge in [0, 0.05) is 18.3 Å². The molecule has 6 nitrogen and oxygen atoms in total. The van der Waals surface area contributed by atoms with E-state index in [1.54, 1.807) is 6.07 Å². The maximum absolute atomic E-state index is 12.4. The van der Waals surface area contributed by atoms with Crippen LogP contribution in [0.25, 0.3) is 0 Å². The van der Waals surface area contributed by atoms with Gasteiger partial charge in [0.05, 0.1) is 0 Å². The number of amides is 1. The molecule has 6 heteroatoms. The fourth-order valence-electron chi connectivity index (χ4n) is 2.26. The smallest absolute Gasteiger partial charge is 0.274 e. The molecule has 0 atom stereocenters. The van der Waals surface area contributed by atoms with E-state index >= 15 is 0 Å². The van der Waals surface area contributed by atoms with Gasteiger partial charge < -0.3 is 15.5 Å². The standard InChI is InChI=1S/C18H25N5O/c1-13-7-5-8-15(14(13)2)22-18(24)16-11-17(21-12-20-16)19-9-6-10-23(3)4/h5,7-8,11-12H,6,9-10H2,1-4H3,(H,22,24)(H,19,20,21). The minimum atomic E-state index is -0.234. The van der Waals surface area contributed by atoms with Crippen LogP contribution in [0.3, 0.4) is 0 Å². The average Bonchev–Trinajstić information content (AvgIpc) is 2.56. The van der Waals surface area contributed by atoms with E-state index in [0.29, 0.717) is 11.5 Å². The molecule has 1 heterocycles. The lowest BCUT2D eigenvalue weighted by molar-refractivity contribution is 0.102. The van der Waals surface area contributed by atoms with Crippen molar-refractivity contribution < 1.29 is 4.79 Å². The number of benzene rings is 1. The zero-order chi connectivity index (χ0) is 17.5. The van der Waals surface area contributed by atoms with E-state index in [0.717, 1.165) is 36.3 Å². The van der Waals surface area contributed by atoms with Crippen LogP contribution in [0.15, 0.2) is 30.6 Å². The molecule has 0 aliphatic carbocycles. The molecule has 0 aliphatic rings. The number of carbonyl (C=O) groups excluding carboxylic acids is 1. The third-order valence-electron chi connectivity index (χ3n) is 3.84. The van der Waals surface area contributed by atoms with Gasteiger partial charge in [0.2, 0.25) is 0 Å². The van der Waals surface area contributed by atoms with E-state index in [1.165, 1.54) is 6.33 Å². The normalized spacial score (nSPS) is 10.7. The molecule has 0 saturated heterocycles. The first-order chi connectivity index (χ1) is 11.5. The molecule has 2 rings (SSSR count). The quantitative estimate of drug-likeness (QED) is 0.765. The highest BCUT2D eigenvalue weighted by molar-refractivity contribution is 6.03. The van der Waals surface area contributed by atoms with Gasteiger partial charge in [0.25, 0.3) is 5.91 Å². The van der Waals surface area contributed by atoms with Crippen molar-refractivity contribution in [2.45, 2.75) is 20.3 Å². The Morgan fingerprint density at radius 3 is 2.75 bits per heavy atom. The van der Waals surface area contributed by atoms with E-state index in [2.05, 4.69) is 25.5 Å². The molecule has 1 amide bonds. The Kier molecular flexibility index (Phi) is 6.26. The van der Waals surface area contributed by atoms with Gasteiger partial charge in [0.1, 0.15) is 17.8 Å². The summed E-state index contributed by atoms with van der Waals surface area (Å²) in [5.74, 6) is 0.428. The highest BCUT2D eigenvalue weighted by Crippen LogP contribution is 2.18. The second-order valence-corrected chi connectivity index (χ2v) is 6.07. The van der Waals surface area contributed by atoms with Gasteiger partial charge in [-0.25, -0.2) is 9.97 Å². The Morgan fingerprint density at radius 2 is 2.00 bits per heavy atom. The lowest BCUT2D eigenvalue weighted by Crippen LogP contribution is -2.18. The van der Waals surface area contributed by atoms with Crippen LogP contribution in [0.2, 0.25) is 0 Å². The van der Waals surface area contributed by atoms with E-state index in [4.69, 9.17) is 0 Å². The summed E-state index contributed by atoms with van der Waals surface area (Å²) >= 11 is 0. The number of nitrogens with zero attached hydrogens (tertiary/aromatic N) is 3. The second-order valence-electron chi connectivity index (χ2n) is 6.07. The van der Waals surface area contributed by atoms with Gasteiger partial charge in [-0.05, 0) is 58.1 Å². The summed E-state index contributed by atoms with van der Waals surface area (Å²) < 4.78 is 0. The number of aryl methyl sites for hydroxylation is 1. The predicted octanol–water partition coefficient (Wildman–Crippen LogP) is 2.71. The summed E-state index contributed by atoms with van der Waals surface area (Å²) in [7, 11) is 4.08. The molecule has 128 valence electrons. The van der Waals surface area contributed by atoms with E-state index in [1.807, 2.05) is 46.1 Å². The van der Waals surface area contributed by atoms with Crippen LogP contribution in [0.5, 0.6) is 0 Å². The molecular formula is C18H25N5O. The third kappa shape index (κ3) is 5.03. The molecular weight excluding hydrogens is 302 g/mol. The van der Waals surface area contributed by atoms with Gasteiger partial charge in [-0.1, -0.05) is 12.1 Å². The third-order valence-corrected chi connectivity index (χ3v) is 3.84. The molecule has 2 aromatic rings. The van der Waals surface area contributed by atoms with Crippen LogP contribution in [-0.4, -0.2) is 48.0 Å². The Hall–Kier alpha value is -2.47. The number of rotatable bonds is 7. The van der Waals surface area contributed by atoms with Crippen molar-refractivity contribution in [2.75, 3.05) is 37.8 Å². The molecule has 1 aromatic carbocycles. The highest BCUT2D eigenvalue weighted by atomic mass is 16.1. The van der Waals surface area contributed by atoms with Crippen LogP contribution in [0.4, 0.5) is 11.5 Å². The number of anilines is 2. The molecule has 0 spiro atoms. The largest absolute Gasteiger partial charge is 0.370 e. The van der Waals surface area contributed by atoms with Crippen molar-refractivity contribution in [3.05, 3.63) is 47.4 Å². The molecule has 0 aliphatic heterocycles. The Morgan fingerprint density at radius 1 is 1.21 bits per heavy atom. The zero-order valence-corrected chi connectivity index (χ0v) is 14.8. The highest BCUT2D eigenvalue weighted by Gasteiger charge is 2.11. The average molecular weight is 327 g/mol. The summed E-state index contributed by atoms with van der Waals surface area (Å²) in [6.45, 7) is 5.80. The number of hydrogen-bond acceptors (Lipinski definition) is 5. The van der Waals surface area contributed by atoms with Gasteiger partial charge >= 0.3 is 0 Å². The molecule has 0 unspecified atom stereocenters. The van der Waals surface area contributed by atoms with Crippen molar-refractivity contribution in [2.24, 2.45) is 0 Å². The van der Waals surface area contributed by atoms with Crippen LogP contribution in [-0.2, 0) is 0 Å². The van der Waals surface area contributed by atoms with Crippen LogP contribution in [0.1, 0.15) is 28.0 Å². The summed E-state index contributed by atoms with van der Waals surface area (Å²) in [6.07, 6.45) is 2.41. The zero-order valence-electron chi connectivity index (χ0n) is 14.8. The number of aromatic nitrogens is 2. The number of nitrogens with one attached hydrogen (secondary N) is 2. The molecule has 0 radical (unpaired) electrons. The van der Waals surface area contributed by atoms with Crippen molar-refractivity contribution >= 4 is 17.4 Å². The predicted molar refractivity (Wildman–Crippen MR) is 97.6 cm³/mol. The fourth-order valence-corrected chi connectivity index (χ4v) is 2.26. The van der Waals surface area contributed by atoms with Gasteiger partial charge in [-0.2, -0.15) is 0 Å². The van der Waals surface area contributed by atoms with Crippen molar-refractivity contribution in [3.8, 4) is 0 Å². The Balaban J connectivity index is 1.99. The maximum Gasteiger partial charge on any atom is 0.274 e. The number of carbonyl (C=O) groups is 1. The second kappa shape index (κ2) is 8.40. The molecule has 2 N–H and O–H groups in total. The van der Waals surface area contributed by atoms with E-state index in [9.17, 15) is 4.79 Å². The van der Waals surface area contributed by atoms with Gasteiger partial charge in [-0.15, -0.1) is 0 Å². The summed E-state index contributed by atoms with van der Waals surface area (Å²) in [5.41, 5.74) is 3.35. The first kappa shape index (κ1) is 17.9. The summed E-state index contributed by atoms with van der Waals surface area (Å²) in [5, 5.41) is 6.13. The van der Waals surface area contributed by atoms with Crippen LogP contribution >= 0.6 is 0 Å².